The molecule has 3 unspecified atom stereocenters. The molecule has 1 aliphatic heterocycles. The summed E-state index contributed by atoms with van der Waals surface area (Å²) in [6, 6.07) is 8.45. The fraction of sp³-hybridized carbons (Fsp3) is 0.667. The van der Waals surface area contributed by atoms with Gasteiger partial charge in [0, 0.05) is 24.8 Å². The van der Waals surface area contributed by atoms with Crippen LogP contribution in [0.3, 0.4) is 0 Å². The minimum atomic E-state index is -0.207. The molecule has 0 aromatic heterocycles. The first-order chi connectivity index (χ1) is 10.6. The first-order valence-electron chi connectivity index (χ1n) is 8.53. The minimum absolute atomic E-state index is 0.179. The molecule has 124 valence electrons. The van der Waals surface area contributed by atoms with E-state index in [0.29, 0.717) is 5.92 Å². The third-order valence-electron chi connectivity index (χ3n) is 4.32. The summed E-state index contributed by atoms with van der Waals surface area (Å²) < 4.78 is 5.63. The Morgan fingerprint density at radius 1 is 1.27 bits per heavy atom. The van der Waals surface area contributed by atoms with Crippen LogP contribution in [0.4, 0.5) is 5.69 Å². The van der Waals surface area contributed by atoms with Crippen molar-refractivity contribution in [2.24, 2.45) is 11.7 Å². The molecule has 0 radical (unpaired) electrons. The number of ether oxygens (including phenoxy) is 1. The van der Waals surface area contributed by atoms with Crippen LogP contribution in [0.1, 0.15) is 39.5 Å². The lowest BCUT2D eigenvalue weighted by Crippen LogP contribution is -2.47. The zero-order valence-corrected chi connectivity index (χ0v) is 13.9. The Hall–Kier alpha value is -1.26. The van der Waals surface area contributed by atoms with Crippen LogP contribution < -0.4 is 15.4 Å². The summed E-state index contributed by atoms with van der Waals surface area (Å²) in [5, 5.41) is 9.90. The normalized spacial score (nSPS) is 23.4. The number of aliphatic hydroxyl groups is 1. The summed E-state index contributed by atoms with van der Waals surface area (Å²) in [6.07, 6.45) is 3.48. The van der Waals surface area contributed by atoms with E-state index in [-0.39, 0.29) is 12.1 Å². The molecule has 4 heteroatoms. The van der Waals surface area contributed by atoms with Gasteiger partial charge in [-0.3, -0.25) is 0 Å². The molecule has 1 heterocycles. The van der Waals surface area contributed by atoms with Crippen LogP contribution in [-0.4, -0.2) is 36.9 Å². The number of hydrogen-bond acceptors (Lipinski definition) is 4. The van der Waals surface area contributed by atoms with Crippen LogP contribution in [0.2, 0.25) is 0 Å². The number of piperidine rings is 1. The Labute approximate surface area is 134 Å². The standard InChI is InChI=1S/C18H30N2O2/c1-3-9-22-18-7-5-16(6-8-18)20-12-14(10-15(19)13-20)11-17(21)4-2/h5-8,14-15,17,21H,3-4,9-13,19H2,1-2H3. The maximum absolute atomic E-state index is 9.90. The predicted molar refractivity (Wildman–Crippen MR) is 91.4 cm³/mol. The van der Waals surface area contributed by atoms with Gasteiger partial charge in [0.25, 0.3) is 0 Å². The predicted octanol–water partition coefficient (Wildman–Crippen LogP) is 2.79. The van der Waals surface area contributed by atoms with Gasteiger partial charge in [0.2, 0.25) is 0 Å². The smallest absolute Gasteiger partial charge is 0.119 e. The van der Waals surface area contributed by atoms with E-state index in [1.165, 1.54) is 5.69 Å². The highest BCUT2D eigenvalue weighted by molar-refractivity contribution is 5.49. The number of anilines is 1. The average molecular weight is 306 g/mol. The average Bonchev–Trinajstić information content (AvgIpc) is 2.52. The van der Waals surface area contributed by atoms with E-state index in [9.17, 15) is 5.11 Å². The Kier molecular flexibility index (Phi) is 6.52. The molecule has 3 atom stereocenters. The zero-order valence-electron chi connectivity index (χ0n) is 13.9. The van der Waals surface area contributed by atoms with Crippen LogP contribution in [0.5, 0.6) is 5.75 Å². The Morgan fingerprint density at radius 2 is 2.00 bits per heavy atom. The van der Waals surface area contributed by atoms with Gasteiger partial charge in [0.15, 0.2) is 0 Å². The molecule has 22 heavy (non-hydrogen) atoms. The van der Waals surface area contributed by atoms with Crippen LogP contribution in [0, 0.1) is 5.92 Å². The Balaban J connectivity index is 1.97. The molecule has 3 N–H and O–H groups in total. The molecule has 4 nitrogen and oxygen atoms in total. The highest BCUT2D eigenvalue weighted by Crippen LogP contribution is 2.27. The molecule has 1 saturated heterocycles. The van der Waals surface area contributed by atoms with Crippen LogP contribution in [0.25, 0.3) is 0 Å². The largest absolute Gasteiger partial charge is 0.494 e. The number of aliphatic hydroxyl groups excluding tert-OH is 1. The summed E-state index contributed by atoms with van der Waals surface area (Å²) >= 11 is 0. The molecular weight excluding hydrogens is 276 g/mol. The van der Waals surface area contributed by atoms with Gasteiger partial charge in [-0.05, 0) is 55.9 Å². The lowest BCUT2D eigenvalue weighted by Gasteiger charge is -2.38. The SMILES string of the molecule is CCCOc1ccc(N2CC(N)CC(CC(O)CC)C2)cc1. The number of benzene rings is 1. The summed E-state index contributed by atoms with van der Waals surface area (Å²) in [4.78, 5) is 2.34. The molecule has 0 spiro atoms. The number of nitrogens with zero attached hydrogens (tertiary/aromatic N) is 1. The fourth-order valence-corrected chi connectivity index (χ4v) is 3.15. The third-order valence-corrected chi connectivity index (χ3v) is 4.32. The van der Waals surface area contributed by atoms with Crippen molar-refractivity contribution in [3.63, 3.8) is 0 Å². The number of rotatable bonds is 7. The summed E-state index contributed by atoms with van der Waals surface area (Å²) in [6.45, 7) is 6.74. The summed E-state index contributed by atoms with van der Waals surface area (Å²) in [5.74, 6) is 1.39. The van der Waals surface area contributed by atoms with Crippen molar-refractivity contribution in [2.45, 2.75) is 51.7 Å². The Bertz CT molecular complexity index is 435. The maximum atomic E-state index is 9.90. The first-order valence-corrected chi connectivity index (χ1v) is 8.53. The van der Waals surface area contributed by atoms with E-state index in [0.717, 1.165) is 51.1 Å². The van der Waals surface area contributed by atoms with Gasteiger partial charge >= 0.3 is 0 Å². The molecule has 0 aliphatic carbocycles. The van der Waals surface area contributed by atoms with E-state index in [1.54, 1.807) is 0 Å². The second-order valence-electron chi connectivity index (χ2n) is 6.41. The monoisotopic (exact) mass is 306 g/mol. The van der Waals surface area contributed by atoms with Crippen molar-refractivity contribution in [3.8, 4) is 5.75 Å². The fourth-order valence-electron chi connectivity index (χ4n) is 3.15. The molecule has 1 aromatic rings. The van der Waals surface area contributed by atoms with Crippen molar-refractivity contribution < 1.29 is 9.84 Å². The number of nitrogens with two attached hydrogens (primary N) is 1. The van der Waals surface area contributed by atoms with E-state index < -0.39 is 0 Å². The molecule has 1 fully saturated rings. The van der Waals surface area contributed by atoms with E-state index in [4.69, 9.17) is 10.5 Å². The van der Waals surface area contributed by atoms with Crippen LogP contribution >= 0.6 is 0 Å². The second kappa shape index (κ2) is 8.39. The second-order valence-corrected chi connectivity index (χ2v) is 6.41. The van der Waals surface area contributed by atoms with E-state index >= 15 is 0 Å². The summed E-state index contributed by atoms with van der Waals surface area (Å²) in [7, 11) is 0. The molecule has 0 saturated carbocycles. The highest BCUT2D eigenvalue weighted by Gasteiger charge is 2.26. The van der Waals surface area contributed by atoms with Crippen molar-refractivity contribution >= 4 is 5.69 Å². The molecule has 0 bridgehead atoms. The lowest BCUT2D eigenvalue weighted by molar-refractivity contribution is 0.131. The topological polar surface area (TPSA) is 58.7 Å². The van der Waals surface area contributed by atoms with Crippen LogP contribution in [0.15, 0.2) is 24.3 Å². The van der Waals surface area contributed by atoms with E-state index in [2.05, 4.69) is 24.0 Å². The molecule has 0 amide bonds. The van der Waals surface area contributed by atoms with Gasteiger partial charge < -0.3 is 20.5 Å². The van der Waals surface area contributed by atoms with E-state index in [1.807, 2.05) is 19.1 Å². The first kappa shape index (κ1) is 17.1. The Morgan fingerprint density at radius 3 is 2.64 bits per heavy atom. The lowest BCUT2D eigenvalue weighted by atomic mass is 9.89. The maximum Gasteiger partial charge on any atom is 0.119 e. The molecule has 2 rings (SSSR count). The molecule has 1 aliphatic rings. The van der Waals surface area contributed by atoms with Gasteiger partial charge in [0.1, 0.15) is 5.75 Å². The van der Waals surface area contributed by atoms with Crippen molar-refractivity contribution in [1.29, 1.82) is 0 Å². The highest BCUT2D eigenvalue weighted by atomic mass is 16.5. The van der Waals surface area contributed by atoms with Gasteiger partial charge in [0.05, 0.1) is 12.7 Å². The number of hydrogen-bond donors (Lipinski definition) is 2. The zero-order chi connectivity index (χ0) is 15.9. The van der Waals surface area contributed by atoms with Crippen LogP contribution in [-0.2, 0) is 0 Å². The van der Waals surface area contributed by atoms with Crippen molar-refractivity contribution in [1.82, 2.24) is 0 Å². The van der Waals surface area contributed by atoms with Gasteiger partial charge in [-0.2, -0.15) is 0 Å². The van der Waals surface area contributed by atoms with Crippen molar-refractivity contribution in [2.75, 3.05) is 24.6 Å². The van der Waals surface area contributed by atoms with Crippen molar-refractivity contribution in [3.05, 3.63) is 24.3 Å². The quantitative estimate of drug-likeness (QED) is 0.813. The molecular formula is C18H30N2O2. The third kappa shape index (κ3) is 4.89. The minimum Gasteiger partial charge on any atom is -0.494 e. The summed E-state index contributed by atoms with van der Waals surface area (Å²) in [5.41, 5.74) is 7.41. The molecule has 1 aromatic carbocycles. The van der Waals surface area contributed by atoms with Gasteiger partial charge in [-0.1, -0.05) is 13.8 Å². The van der Waals surface area contributed by atoms with Gasteiger partial charge in [-0.25, -0.2) is 0 Å². The van der Waals surface area contributed by atoms with Gasteiger partial charge in [-0.15, -0.1) is 0 Å².